The Morgan fingerprint density at radius 1 is 1.32 bits per heavy atom. The normalized spacial score (nSPS) is 12.9. The summed E-state index contributed by atoms with van der Waals surface area (Å²) in [5.41, 5.74) is -0.320. The van der Waals surface area contributed by atoms with Crippen molar-refractivity contribution in [1.29, 1.82) is 0 Å². The Bertz CT molecular complexity index is 545. The van der Waals surface area contributed by atoms with E-state index in [0.29, 0.717) is 11.3 Å². The monoisotopic (exact) mass is 291 g/mol. The van der Waals surface area contributed by atoms with Gasteiger partial charge in [-0.2, -0.15) is 0 Å². The number of rotatable bonds is 6. The van der Waals surface area contributed by atoms with Crippen molar-refractivity contribution >= 4 is 10.0 Å². The molecule has 0 fully saturated rings. The highest BCUT2D eigenvalue weighted by Crippen LogP contribution is 2.26. The summed E-state index contributed by atoms with van der Waals surface area (Å²) in [4.78, 5) is 0.0133. The Morgan fingerprint density at radius 2 is 1.89 bits per heavy atom. The van der Waals surface area contributed by atoms with Gasteiger partial charge in [0.25, 0.3) is 0 Å². The van der Waals surface area contributed by atoms with Crippen LogP contribution in [0.15, 0.2) is 9.31 Å². The quantitative estimate of drug-likeness (QED) is 0.819. The van der Waals surface area contributed by atoms with Gasteiger partial charge in [-0.05, 0) is 27.7 Å². The van der Waals surface area contributed by atoms with Gasteiger partial charge in [-0.25, -0.2) is 13.1 Å². The van der Waals surface area contributed by atoms with Crippen LogP contribution in [0.5, 0.6) is 0 Å². The van der Waals surface area contributed by atoms with Crippen LogP contribution in [-0.2, 0) is 21.4 Å². The molecule has 0 bridgehead atoms. The molecule has 0 aromatic carbocycles. The second-order valence-corrected chi connectivity index (χ2v) is 6.67. The van der Waals surface area contributed by atoms with Gasteiger partial charge in [0, 0.05) is 19.2 Å². The smallest absolute Gasteiger partial charge is 0.244 e. The van der Waals surface area contributed by atoms with E-state index in [2.05, 4.69) is 4.72 Å². The van der Waals surface area contributed by atoms with Crippen molar-refractivity contribution < 1.29 is 22.7 Å². The van der Waals surface area contributed by atoms with E-state index >= 15 is 0 Å². The molecular weight excluding hydrogens is 270 g/mol. The van der Waals surface area contributed by atoms with Gasteiger partial charge in [0.1, 0.15) is 16.4 Å². The molecule has 0 radical (unpaired) electrons. The van der Waals surface area contributed by atoms with Gasteiger partial charge in [-0.1, -0.05) is 0 Å². The predicted octanol–water partition coefficient (Wildman–Crippen LogP) is 1.09. The van der Waals surface area contributed by atoms with Crippen LogP contribution in [0.3, 0.4) is 0 Å². The highest BCUT2D eigenvalue weighted by molar-refractivity contribution is 7.89. The van der Waals surface area contributed by atoms with E-state index in [1.54, 1.807) is 27.7 Å². The zero-order valence-corrected chi connectivity index (χ0v) is 12.7. The average molecular weight is 291 g/mol. The third-order valence-electron chi connectivity index (χ3n) is 2.99. The summed E-state index contributed by atoms with van der Waals surface area (Å²) >= 11 is 0. The standard InChI is InChI=1S/C12H21NO5S/c1-8-10(6-14)11(9(2)18-8)19(15,16)13-7-12(3,4)17-5/h13-14H,6-7H2,1-5H3. The lowest BCUT2D eigenvalue weighted by atomic mass is 10.1. The van der Waals surface area contributed by atoms with Crippen LogP contribution >= 0.6 is 0 Å². The molecule has 1 aromatic rings. The molecule has 0 saturated carbocycles. The van der Waals surface area contributed by atoms with Crippen molar-refractivity contribution in [3.05, 3.63) is 17.1 Å². The number of furan rings is 1. The second-order valence-electron chi connectivity index (χ2n) is 4.97. The number of ether oxygens (including phenoxy) is 1. The Balaban J connectivity index is 3.08. The fraction of sp³-hybridized carbons (Fsp3) is 0.667. The molecule has 7 heteroatoms. The SMILES string of the molecule is COC(C)(C)CNS(=O)(=O)c1c(C)oc(C)c1CO. The molecule has 19 heavy (non-hydrogen) atoms. The summed E-state index contributed by atoms with van der Waals surface area (Å²) in [5.74, 6) is 0.677. The number of aliphatic hydroxyl groups is 1. The zero-order valence-electron chi connectivity index (χ0n) is 11.9. The summed E-state index contributed by atoms with van der Waals surface area (Å²) < 4.78 is 37.4. The van der Waals surface area contributed by atoms with E-state index in [0.717, 1.165) is 0 Å². The highest BCUT2D eigenvalue weighted by atomic mass is 32.2. The van der Waals surface area contributed by atoms with Crippen LogP contribution in [0, 0.1) is 13.8 Å². The first-order valence-electron chi connectivity index (χ1n) is 5.89. The minimum atomic E-state index is -3.74. The minimum Gasteiger partial charge on any atom is -0.465 e. The van der Waals surface area contributed by atoms with Crippen LogP contribution in [0.4, 0.5) is 0 Å². The summed E-state index contributed by atoms with van der Waals surface area (Å²) in [7, 11) is -2.23. The van der Waals surface area contributed by atoms with E-state index in [1.165, 1.54) is 7.11 Å². The van der Waals surface area contributed by atoms with Crippen molar-refractivity contribution in [3.8, 4) is 0 Å². The molecule has 1 rings (SSSR count). The lowest BCUT2D eigenvalue weighted by Gasteiger charge is -2.23. The van der Waals surface area contributed by atoms with E-state index in [9.17, 15) is 13.5 Å². The van der Waals surface area contributed by atoms with E-state index in [4.69, 9.17) is 9.15 Å². The molecule has 0 unspecified atom stereocenters. The second kappa shape index (κ2) is 5.62. The Morgan fingerprint density at radius 3 is 2.37 bits per heavy atom. The van der Waals surface area contributed by atoms with Crippen molar-refractivity contribution in [3.63, 3.8) is 0 Å². The molecule has 0 amide bonds. The average Bonchev–Trinajstić information content (AvgIpc) is 2.62. The lowest BCUT2D eigenvalue weighted by molar-refractivity contribution is 0.0276. The van der Waals surface area contributed by atoms with Crippen LogP contribution in [0.1, 0.15) is 30.9 Å². The Kier molecular flexibility index (Phi) is 4.78. The summed E-state index contributed by atoms with van der Waals surface area (Å²) in [6, 6.07) is 0. The number of methoxy groups -OCH3 is 1. The van der Waals surface area contributed by atoms with E-state index in [1.807, 2.05) is 0 Å². The summed E-state index contributed by atoms with van der Waals surface area (Å²) in [5, 5.41) is 9.27. The lowest BCUT2D eigenvalue weighted by Crippen LogP contribution is -2.40. The zero-order chi connectivity index (χ0) is 14.8. The molecule has 0 saturated heterocycles. The first-order chi connectivity index (χ1) is 8.64. The predicted molar refractivity (Wildman–Crippen MR) is 70.4 cm³/mol. The topological polar surface area (TPSA) is 88.8 Å². The van der Waals surface area contributed by atoms with Gasteiger partial charge in [-0.3, -0.25) is 0 Å². The van der Waals surface area contributed by atoms with Crippen molar-refractivity contribution in [2.75, 3.05) is 13.7 Å². The summed E-state index contributed by atoms with van der Waals surface area (Å²) in [6.07, 6.45) is 0. The molecule has 0 atom stereocenters. The molecule has 0 aliphatic heterocycles. The highest BCUT2D eigenvalue weighted by Gasteiger charge is 2.28. The molecule has 1 heterocycles. The van der Waals surface area contributed by atoms with Gasteiger partial charge < -0.3 is 14.3 Å². The van der Waals surface area contributed by atoms with Crippen molar-refractivity contribution in [2.24, 2.45) is 0 Å². The molecule has 1 aromatic heterocycles. The van der Waals surface area contributed by atoms with Gasteiger partial charge in [-0.15, -0.1) is 0 Å². The molecule has 0 spiro atoms. The Hall–Kier alpha value is -0.890. The third-order valence-corrected chi connectivity index (χ3v) is 4.59. The number of aliphatic hydroxyl groups excluding tert-OH is 1. The van der Waals surface area contributed by atoms with Crippen LogP contribution in [-0.4, -0.2) is 32.8 Å². The number of aryl methyl sites for hydroxylation is 2. The maximum atomic E-state index is 12.3. The van der Waals surface area contributed by atoms with Gasteiger partial charge in [0.15, 0.2) is 0 Å². The number of hydrogen-bond donors (Lipinski definition) is 2. The molecule has 110 valence electrons. The number of nitrogens with one attached hydrogen (secondary N) is 1. The Labute approximate surface area is 113 Å². The fourth-order valence-corrected chi connectivity index (χ4v) is 3.29. The van der Waals surface area contributed by atoms with Crippen molar-refractivity contribution in [2.45, 2.75) is 44.8 Å². The summed E-state index contributed by atoms with van der Waals surface area (Å²) in [6.45, 7) is 6.47. The fourth-order valence-electron chi connectivity index (χ4n) is 1.66. The van der Waals surface area contributed by atoms with Gasteiger partial charge in [0.05, 0.1) is 12.2 Å². The minimum absolute atomic E-state index is 0.0133. The van der Waals surface area contributed by atoms with Crippen LogP contribution < -0.4 is 4.72 Å². The maximum Gasteiger partial charge on any atom is 0.244 e. The third kappa shape index (κ3) is 3.56. The molecule has 6 nitrogen and oxygen atoms in total. The van der Waals surface area contributed by atoms with E-state index < -0.39 is 15.6 Å². The molecule has 0 aliphatic rings. The number of sulfonamides is 1. The molecule has 2 N–H and O–H groups in total. The molecular formula is C12H21NO5S. The van der Waals surface area contributed by atoms with Crippen LogP contribution in [0.25, 0.3) is 0 Å². The van der Waals surface area contributed by atoms with Crippen LogP contribution in [0.2, 0.25) is 0 Å². The first-order valence-corrected chi connectivity index (χ1v) is 7.37. The maximum absolute atomic E-state index is 12.3. The van der Waals surface area contributed by atoms with E-state index in [-0.39, 0.29) is 23.8 Å². The largest absolute Gasteiger partial charge is 0.465 e. The van der Waals surface area contributed by atoms with Gasteiger partial charge >= 0.3 is 0 Å². The van der Waals surface area contributed by atoms with Gasteiger partial charge in [0.2, 0.25) is 10.0 Å². The molecule has 0 aliphatic carbocycles. The first kappa shape index (κ1) is 16.2. The van der Waals surface area contributed by atoms with Crippen molar-refractivity contribution in [1.82, 2.24) is 4.72 Å². The number of hydrogen-bond acceptors (Lipinski definition) is 5.